The molecular formula is C9H10F3N2O3-. The minimum atomic E-state index is -4.90. The van der Waals surface area contributed by atoms with Crippen LogP contribution in [0.2, 0.25) is 0 Å². The Morgan fingerprint density at radius 3 is 2.41 bits per heavy atom. The number of likely N-dealkylation sites (tertiary alicyclic amines) is 2. The van der Waals surface area contributed by atoms with Gasteiger partial charge in [-0.25, -0.2) is 0 Å². The number of amides is 2. The SMILES string of the molecule is O=C([O-])N1CC[C@@H]2CN(C(=O)C(F)(F)F)C[C@@H]21. The van der Waals surface area contributed by atoms with Gasteiger partial charge in [0.1, 0.15) is 6.09 Å². The molecule has 0 N–H and O–H groups in total. The van der Waals surface area contributed by atoms with Crippen LogP contribution in [0.25, 0.3) is 0 Å². The molecule has 0 radical (unpaired) electrons. The second kappa shape index (κ2) is 3.78. The van der Waals surface area contributed by atoms with Gasteiger partial charge in [0.2, 0.25) is 0 Å². The van der Waals surface area contributed by atoms with Crippen LogP contribution in [0.5, 0.6) is 0 Å². The molecule has 2 fully saturated rings. The molecule has 2 saturated heterocycles. The minimum Gasteiger partial charge on any atom is -0.530 e. The van der Waals surface area contributed by atoms with Gasteiger partial charge in [0.25, 0.3) is 0 Å². The molecule has 0 bridgehead atoms. The largest absolute Gasteiger partial charge is 0.530 e. The minimum absolute atomic E-state index is 0.0349. The number of carbonyl (C=O) groups is 2. The zero-order valence-electron chi connectivity index (χ0n) is 8.74. The van der Waals surface area contributed by atoms with Gasteiger partial charge < -0.3 is 19.7 Å². The fraction of sp³-hybridized carbons (Fsp3) is 0.778. The Kier molecular flexibility index (Phi) is 2.67. The summed E-state index contributed by atoms with van der Waals surface area (Å²) in [6.45, 7) is 0.0372. The average Bonchev–Trinajstić information content (AvgIpc) is 2.71. The molecule has 2 heterocycles. The zero-order chi connectivity index (χ0) is 12.8. The molecule has 0 aromatic heterocycles. The molecule has 96 valence electrons. The summed E-state index contributed by atoms with van der Waals surface area (Å²) in [6, 6.07) is -0.550. The van der Waals surface area contributed by atoms with Crippen LogP contribution in [0.4, 0.5) is 18.0 Å². The van der Waals surface area contributed by atoms with Crippen molar-refractivity contribution in [3.8, 4) is 0 Å². The highest BCUT2D eigenvalue weighted by atomic mass is 19.4. The summed E-state index contributed by atoms with van der Waals surface area (Å²) in [5.74, 6) is -2.11. The van der Waals surface area contributed by atoms with Crippen molar-refractivity contribution in [1.82, 2.24) is 9.80 Å². The van der Waals surface area contributed by atoms with Gasteiger partial charge in [-0.15, -0.1) is 0 Å². The second-order valence-corrected chi connectivity index (χ2v) is 4.28. The third kappa shape index (κ3) is 2.03. The highest BCUT2D eigenvalue weighted by Gasteiger charge is 2.49. The summed E-state index contributed by atoms with van der Waals surface area (Å²) in [5.41, 5.74) is 0. The summed E-state index contributed by atoms with van der Waals surface area (Å²) in [7, 11) is 0. The van der Waals surface area contributed by atoms with Crippen molar-refractivity contribution in [2.75, 3.05) is 19.6 Å². The first kappa shape index (κ1) is 12.0. The van der Waals surface area contributed by atoms with Gasteiger partial charge in [0.15, 0.2) is 0 Å². The number of fused-ring (bicyclic) bond motifs is 1. The molecule has 0 aromatic carbocycles. The first-order valence-electron chi connectivity index (χ1n) is 5.14. The van der Waals surface area contributed by atoms with E-state index in [0.717, 1.165) is 4.90 Å². The van der Waals surface area contributed by atoms with Gasteiger partial charge in [-0.2, -0.15) is 13.2 Å². The van der Waals surface area contributed by atoms with Crippen molar-refractivity contribution in [2.45, 2.75) is 18.6 Å². The normalized spacial score (nSPS) is 28.4. The number of rotatable bonds is 0. The zero-order valence-corrected chi connectivity index (χ0v) is 8.74. The molecule has 2 rings (SSSR count). The predicted octanol–water partition coefficient (Wildman–Crippen LogP) is -0.575. The third-order valence-corrected chi connectivity index (χ3v) is 3.31. The highest BCUT2D eigenvalue weighted by Crippen LogP contribution is 2.33. The van der Waals surface area contributed by atoms with E-state index in [4.69, 9.17) is 0 Å². The molecule has 0 saturated carbocycles. The summed E-state index contributed by atoms with van der Waals surface area (Å²) < 4.78 is 36.6. The molecule has 0 aromatic rings. The van der Waals surface area contributed by atoms with Gasteiger partial charge in [-0.3, -0.25) is 4.79 Å². The van der Waals surface area contributed by atoms with E-state index in [1.165, 1.54) is 0 Å². The van der Waals surface area contributed by atoms with E-state index in [0.29, 0.717) is 11.3 Å². The van der Waals surface area contributed by atoms with Crippen LogP contribution in [-0.4, -0.2) is 53.7 Å². The van der Waals surface area contributed by atoms with Crippen LogP contribution in [0.1, 0.15) is 6.42 Å². The summed E-state index contributed by atoms with van der Waals surface area (Å²) in [4.78, 5) is 23.4. The Morgan fingerprint density at radius 2 is 1.88 bits per heavy atom. The van der Waals surface area contributed by atoms with Crippen LogP contribution in [0.3, 0.4) is 0 Å². The third-order valence-electron chi connectivity index (χ3n) is 3.31. The molecule has 2 amide bonds. The number of carbonyl (C=O) groups excluding carboxylic acids is 2. The lowest BCUT2D eigenvalue weighted by atomic mass is 10.1. The Balaban J connectivity index is 2.06. The molecule has 17 heavy (non-hydrogen) atoms. The average molecular weight is 251 g/mol. The van der Waals surface area contributed by atoms with Crippen LogP contribution >= 0.6 is 0 Å². The molecular weight excluding hydrogens is 241 g/mol. The van der Waals surface area contributed by atoms with E-state index in [9.17, 15) is 27.9 Å². The van der Waals surface area contributed by atoms with Gasteiger partial charge in [-0.05, 0) is 6.42 Å². The molecule has 0 spiro atoms. The van der Waals surface area contributed by atoms with Crippen LogP contribution < -0.4 is 5.11 Å². The molecule has 5 nitrogen and oxygen atoms in total. The van der Waals surface area contributed by atoms with Gasteiger partial charge >= 0.3 is 12.1 Å². The van der Waals surface area contributed by atoms with Crippen LogP contribution in [0, 0.1) is 5.92 Å². The molecule has 2 aliphatic rings. The standard InChI is InChI=1S/C9H11F3N2O3/c10-9(11,12)7(15)13-3-5-1-2-14(8(16)17)6(5)4-13/h5-6H,1-4H2,(H,16,17)/p-1/t5-,6+/m1/s1. The van der Waals surface area contributed by atoms with Crippen LogP contribution in [-0.2, 0) is 4.79 Å². The quantitative estimate of drug-likeness (QED) is 0.579. The molecule has 0 unspecified atom stereocenters. The van der Waals surface area contributed by atoms with Crippen molar-refractivity contribution in [3.63, 3.8) is 0 Å². The van der Waals surface area contributed by atoms with Gasteiger partial charge in [0.05, 0.1) is 6.04 Å². The first-order chi connectivity index (χ1) is 7.80. The maximum atomic E-state index is 12.2. The topological polar surface area (TPSA) is 63.7 Å². The Labute approximate surface area is 94.8 Å². The number of carboxylic acid groups (broad SMARTS) is 1. The Bertz CT molecular complexity index is 358. The predicted molar refractivity (Wildman–Crippen MR) is 46.6 cm³/mol. The van der Waals surface area contributed by atoms with E-state index >= 15 is 0 Å². The van der Waals surface area contributed by atoms with Crippen molar-refractivity contribution < 1.29 is 27.9 Å². The fourth-order valence-corrected chi connectivity index (χ4v) is 2.53. The lowest BCUT2D eigenvalue weighted by molar-refractivity contribution is -0.266. The number of hydrogen-bond donors (Lipinski definition) is 0. The fourth-order valence-electron chi connectivity index (χ4n) is 2.53. The first-order valence-corrected chi connectivity index (χ1v) is 5.14. The number of nitrogens with zero attached hydrogens (tertiary/aromatic N) is 2. The van der Waals surface area contributed by atoms with Gasteiger partial charge in [-0.1, -0.05) is 0 Å². The monoisotopic (exact) mass is 251 g/mol. The van der Waals surface area contributed by atoms with Crippen molar-refractivity contribution >= 4 is 12.0 Å². The molecule has 8 heteroatoms. The smallest absolute Gasteiger partial charge is 0.471 e. The van der Waals surface area contributed by atoms with E-state index < -0.39 is 24.2 Å². The Hall–Kier alpha value is -1.47. The number of alkyl halides is 3. The van der Waals surface area contributed by atoms with E-state index in [2.05, 4.69) is 0 Å². The molecule has 0 aliphatic carbocycles. The van der Waals surface area contributed by atoms with E-state index in [1.54, 1.807) is 0 Å². The second-order valence-electron chi connectivity index (χ2n) is 4.28. The summed E-state index contributed by atoms with van der Waals surface area (Å²) >= 11 is 0. The van der Waals surface area contributed by atoms with Crippen LogP contribution in [0.15, 0.2) is 0 Å². The lowest BCUT2D eigenvalue weighted by Gasteiger charge is -2.27. The maximum Gasteiger partial charge on any atom is 0.471 e. The van der Waals surface area contributed by atoms with Crippen molar-refractivity contribution in [3.05, 3.63) is 0 Å². The molecule has 2 aliphatic heterocycles. The van der Waals surface area contributed by atoms with E-state index in [1.807, 2.05) is 0 Å². The van der Waals surface area contributed by atoms with Crippen molar-refractivity contribution in [2.24, 2.45) is 5.92 Å². The van der Waals surface area contributed by atoms with E-state index in [-0.39, 0.29) is 25.6 Å². The number of halogens is 3. The van der Waals surface area contributed by atoms with Crippen molar-refractivity contribution in [1.29, 1.82) is 0 Å². The lowest BCUT2D eigenvalue weighted by Crippen LogP contribution is -2.48. The maximum absolute atomic E-state index is 12.2. The number of hydrogen-bond acceptors (Lipinski definition) is 3. The summed E-state index contributed by atoms with van der Waals surface area (Å²) in [5, 5.41) is 10.7. The summed E-state index contributed by atoms with van der Waals surface area (Å²) in [6.07, 6.45) is -5.82. The molecule has 2 atom stereocenters. The Morgan fingerprint density at radius 1 is 1.24 bits per heavy atom. The van der Waals surface area contributed by atoms with Gasteiger partial charge in [0, 0.05) is 25.6 Å². The highest BCUT2D eigenvalue weighted by molar-refractivity contribution is 5.82.